The van der Waals surface area contributed by atoms with E-state index in [1.807, 2.05) is 12.3 Å². The van der Waals surface area contributed by atoms with Crippen LogP contribution in [-0.2, 0) is 12.8 Å². The molecule has 0 unspecified atom stereocenters. The number of hydrogen-bond donors (Lipinski definition) is 0. The van der Waals surface area contributed by atoms with Gasteiger partial charge in [0.1, 0.15) is 0 Å². The first kappa shape index (κ1) is 10.7. The Bertz CT molecular complexity index is 258. The molecule has 0 atom stereocenters. The lowest BCUT2D eigenvalue weighted by atomic mass is 10.0. The fourth-order valence-corrected chi connectivity index (χ4v) is 1.80. The summed E-state index contributed by atoms with van der Waals surface area (Å²) in [5.41, 5.74) is 2.64. The molecule has 0 aliphatic carbocycles. The Labute approximate surface area is 88.7 Å². The lowest BCUT2D eigenvalue weighted by Gasteiger charge is -2.08. The largest absolute Gasteiger partial charge is 0.261 e. The van der Waals surface area contributed by atoms with E-state index in [0.29, 0.717) is 5.92 Å². The smallest absolute Gasteiger partial charge is 0.0438 e. The van der Waals surface area contributed by atoms with Crippen molar-refractivity contribution in [1.29, 1.82) is 0 Å². The maximum Gasteiger partial charge on any atom is 0.0438 e. The highest BCUT2D eigenvalue weighted by atomic mass is 79.9. The molecule has 0 saturated carbocycles. The summed E-state index contributed by atoms with van der Waals surface area (Å²) >= 11 is 3.46. The Morgan fingerprint density at radius 1 is 1.46 bits per heavy atom. The number of rotatable bonds is 4. The molecule has 1 heterocycles. The Hall–Kier alpha value is -0.370. The lowest BCUT2D eigenvalue weighted by molar-refractivity contribution is 0.630. The molecule has 0 amide bonds. The molecule has 1 nitrogen and oxygen atoms in total. The summed E-state index contributed by atoms with van der Waals surface area (Å²) < 4.78 is 0. The van der Waals surface area contributed by atoms with Crippen LogP contribution < -0.4 is 0 Å². The van der Waals surface area contributed by atoms with Crippen LogP contribution in [-0.4, -0.2) is 10.3 Å². The van der Waals surface area contributed by atoms with Gasteiger partial charge in [-0.1, -0.05) is 35.8 Å². The van der Waals surface area contributed by atoms with Gasteiger partial charge in [0.2, 0.25) is 0 Å². The zero-order valence-corrected chi connectivity index (χ0v) is 9.84. The van der Waals surface area contributed by atoms with E-state index in [2.05, 4.69) is 40.8 Å². The predicted molar refractivity (Wildman–Crippen MR) is 60.3 cm³/mol. The Balaban J connectivity index is 2.78. The van der Waals surface area contributed by atoms with Crippen LogP contribution in [0, 0.1) is 5.92 Å². The standard InChI is InChI=1S/C11H16BrN/c1-9(2)8-11-10(5-6-12)4-3-7-13-11/h3-4,7,9H,5-6,8H2,1-2H3. The van der Waals surface area contributed by atoms with Gasteiger partial charge in [-0.15, -0.1) is 0 Å². The maximum absolute atomic E-state index is 4.42. The molecule has 0 spiro atoms. The first-order chi connectivity index (χ1) is 6.24. The summed E-state index contributed by atoms with van der Waals surface area (Å²) in [5.74, 6) is 0.684. The minimum absolute atomic E-state index is 0.684. The highest BCUT2D eigenvalue weighted by Gasteiger charge is 2.04. The third-order valence-electron chi connectivity index (χ3n) is 1.95. The number of alkyl halides is 1. The molecule has 13 heavy (non-hydrogen) atoms. The highest BCUT2D eigenvalue weighted by Crippen LogP contribution is 2.12. The third kappa shape index (κ3) is 3.47. The molecule has 0 fully saturated rings. The zero-order chi connectivity index (χ0) is 9.68. The minimum Gasteiger partial charge on any atom is -0.261 e. The van der Waals surface area contributed by atoms with Gasteiger partial charge in [0.15, 0.2) is 0 Å². The fraction of sp³-hybridized carbons (Fsp3) is 0.545. The van der Waals surface area contributed by atoms with E-state index in [1.54, 1.807) is 0 Å². The van der Waals surface area contributed by atoms with E-state index in [0.717, 1.165) is 18.2 Å². The lowest BCUT2D eigenvalue weighted by Crippen LogP contribution is -2.02. The molecule has 0 aromatic carbocycles. The van der Waals surface area contributed by atoms with Crippen LogP contribution in [0.5, 0.6) is 0 Å². The van der Waals surface area contributed by atoms with Crippen LogP contribution >= 0.6 is 15.9 Å². The number of hydrogen-bond acceptors (Lipinski definition) is 1. The molecule has 0 radical (unpaired) electrons. The third-order valence-corrected chi connectivity index (χ3v) is 2.35. The van der Waals surface area contributed by atoms with Crippen molar-refractivity contribution in [2.45, 2.75) is 26.7 Å². The number of aromatic nitrogens is 1. The Morgan fingerprint density at radius 3 is 2.85 bits per heavy atom. The predicted octanol–water partition coefficient (Wildman–Crippen LogP) is 3.22. The summed E-state index contributed by atoms with van der Waals surface area (Å²) in [4.78, 5) is 4.42. The molecule has 0 aliphatic rings. The normalized spacial score (nSPS) is 10.8. The van der Waals surface area contributed by atoms with Gasteiger partial charge >= 0.3 is 0 Å². The summed E-state index contributed by atoms with van der Waals surface area (Å²) in [6.45, 7) is 4.46. The van der Waals surface area contributed by atoms with Gasteiger partial charge in [-0.2, -0.15) is 0 Å². The van der Waals surface area contributed by atoms with Crippen LogP contribution in [0.3, 0.4) is 0 Å². The Morgan fingerprint density at radius 2 is 2.23 bits per heavy atom. The van der Waals surface area contributed by atoms with Crippen molar-refractivity contribution in [2.75, 3.05) is 5.33 Å². The van der Waals surface area contributed by atoms with E-state index in [-0.39, 0.29) is 0 Å². The summed E-state index contributed by atoms with van der Waals surface area (Å²) in [5, 5.41) is 1.02. The first-order valence-corrected chi connectivity index (χ1v) is 5.85. The second-order valence-electron chi connectivity index (χ2n) is 3.65. The molecule has 0 saturated heterocycles. The minimum atomic E-state index is 0.684. The number of aryl methyl sites for hydroxylation is 1. The highest BCUT2D eigenvalue weighted by molar-refractivity contribution is 9.09. The summed E-state index contributed by atoms with van der Waals surface area (Å²) in [6.07, 6.45) is 4.05. The second-order valence-corrected chi connectivity index (χ2v) is 4.44. The molecule has 72 valence electrons. The molecular weight excluding hydrogens is 226 g/mol. The van der Waals surface area contributed by atoms with Gasteiger partial charge in [0.05, 0.1) is 0 Å². The molecular formula is C11H16BrN. The SMILES string of the molecule is CC(C)Cc1ncccc1CCBr. The fourth-order valence-electron chi connectivity index (χ4n) is 1.37. The average molecular weight is 242 g/mol. The monoisotopic (exact) mass is 241 g/mol. The van der Waals surface area contributed by atoms with E-state index in [1.165, 1.54) is 11.3 Å². The topological polar surface area (TPSA) is 12.9 Å². The van der Waals surface area contributed by atoms with Crippen molar-refractivity contribution in [3.05, 3.63) is 29.6 Å². The van der Waals surface area contributed by atoms with Gasteiger partial charge < -0.3 is 0 Å². The van der Waals surface area contributed by atoms with Gasteiger partial charge in [0, 0.05) is 17.2 Å². The van der Waals surface area contributed by atoms with Crippen molar-refractivity contribution >= 4 is 15.9 Å². The number of pyridine rings is 1. The molecule has 0 aliphatic heterocycles. The molecule has 1 aromatic heterocycles. The number of halogens is 1. The quantitative estimate of drug-likeness (QED) is 0.739. The van der Waals surface area contributed by atoms with Crippen LogP contribution in [0.25, 0.3) is 0 Å². The van der Waals surface area contributed by atoms with Gasteiger partial charge in [-0.3, -0.25) is 4.98 Å². The van der Waals surface area contributed by atoms with Gasteiger partial charge in [-0.25, -0.2) is 0 Å². The second kappa shape index (κ2) is 5.38. The zero-order valence-electron chi connectivity index (χ0n) is 8.26. The molecule has 1 aromatic rings. The van der Waals surface area contributed by atoms with E-state index < -0.39 is 0 Å². The molecule has 1 rings (SSSR count). The molecule has 2 heteroatoms. The number of nitrogens with zero attached hydrogens (tertiary/aromatic N) is 1. The van der Waals surface area contributed by atoms with Crippen LogP contribution in [0.2, 0.25) is 0 Å². The maximum atomic E-state index is 4.42. The molecule has 0 bridgehead atoms. The first-order valence-electron chi connectivity index (χ1n) is 4.72. The van der Waals surface area contributed by atoms with E-state index in [9.17, 15) is 0 Å². The van der Waals surface area contributed by atoms with Crippen LogP contribution in [0.15, 0.2) is 18.3 Å². The van der Waals surface area contributed by atoms with Crippen molar-refractivity contribution in [1.82, 2.24) is 4.98 Å². The van der Waals surface area contributed by atoms with Crippen LogP contribution in [0.1, 0.15) is 25.1 Å². The molecule has 0 N–H and O–H groups in total. The van der Waals surface area contributed by atoms with Gasteiger partial charge in [0.25, 0.3) is 0 Å². The van der Waals surface area contributed by atoms with Gasteiger partial charge in [-0.05, 0) is 30.4 Å². The average Bonchev–Trinajstić information content (AvgIpc) is 2.08. The van der Waals surface area contributed by atoms with E-state index in [4.69, 9.17) is 0 Å². The van der Waals surface area contributed by atoms with E-state index >= 15 is 0 Å². The van der Waals surface area contributed by atoms with Crippen molar-refractivity contribution < 1.29 is 0 Å². The van der Waals surface area contributed by atoms with Crippen molar-refractivity contribution in [3.63, 3.8) is 0 Å². The summed E-state index contributed by atoms with van der Waals surface area (Å²) in [6, 6.07) is 4.19. The summed E-state index contributed by atoms with van der Waals surface area (Å²) in [7, 11) is 0. The van der Waals surface area contributed by atoms with Crippen molar-refractivity contribution in [2.24, 2.45) is 5.92 Å². The van der Waals surface area contributed by atoms with Crippen molar-refractivity contribution in [3.8, 4) is 0 Å². The Kier molecular flexibility index (Phi) is 4.43. The van der Waals surface area contributed by atoms with Crippen LogP contribution in [0.4, 0.5) is 0 Å².